The van der Waals surface area contributed by atoms with E-state index in [-0.39, 0.29) is 0 Å². The molecule has 0 aromatic carbocycles. The van der Waals surface area contributed by atoms with Gasteiger partial charge in [0.15, 0.2) is 0 Å². The van der Waals surface area contributed by atoms with Crippen LogP contribution in [0.4, 0.5) is 0 Å². The number of nitrogens with zero attached hydrogens (tertiary/aromatic N) is 3. The molecule has 0 saturated carbocycles. The van der Waals surface area contributed by atoms with Gasteiger partial charge >= 0.3 is 0 Å². The van der Waals surface area contributed by atoms with E-state index in [4.69, 9.17) is 0 Å². The van der Waals surface area contributed by atoms with Crippen molar-refractivity contribution in [2.24, 2.45) is 0 Å². The number of likely N-dealkylation sites (N-methyl/N-ethyl adjacent to an activating group) is 1. The summed E-state index contributed by atoms with van der Waals surface area (Å²) in [4.78, 5) is 2.40. The SMILES string of the molecule is CCN(CC)CCNCc1ccnnc1. The van der Waals surface area contributed by atoms with Crippen molar-refractivity contribution in [3.8, 4) is 0 Å². The Morgan fingerprint density at radius 1 is 1.27 bits per heavy atom. The lowest BCUT2D eigenvalue weighted by Crippen LogP contribution is -2.31. The van der Waals surface area contributed by atoms with Crippen LogP contribution in [0.1, 0.15) is 19.4 Å². The van der Waals surface area contributed by atoms with Crippen molar-refractivity contribution in [3.05, 3.63) is 24.0 Å². The molecule has 15 heavy (non-hydrogen) atoms. The van der Waals surface area contributed by atoms with Gasteiger partial charge in [-0.05, 0) is 24.7 Å². The normalized spacial score (nSPS) is 10.9. The molecule has 0 atom stereocenters. The molecular formula is C11H20N4. The smallest absolute Gasteiger partial charge is 0.0541 e. The van der Waals surface area contributed by atoms with Crippen LogP contribution in [0.25, 0.3) is 0 Å². The van der Waals surface area contributed by atoms with Crippen LogP contribution < -0.4 is 5.32 Å². The Kier molecular flexibility index (Phi) is 5.88. The average Bonchev–Trinajstić information content (AvgIpc) is 2.31. The predicted molar refractivity (Wildman–Crippen MR) is 61.5 cm³/mol. The fourth-order valence-corrected chi connectivity index (χ4v) is 1.43. The van der Waals surface area contributed by atoms with Crippen LogP contribution in [-0.4, -0.2) is 41.3 Å². The van der Waals surface area contributed by atoms with Crippen LogP contribution in [-0.2, 0) is 6.54 Å². The Balaban J connectivity index is 2.12. The van der Waals surface area contributed by atoms with Gasteiger partial charge in [-0.25, -0.2) is 0 Å². The van der Waals surface area contributed by atoms with Crippen LogP contribution in [0.3, 0.4) is 0 Å². The van der Waals surface area contributed by atoms with Crippen molar-refractivity contribution >= 4 is 0 Å². The van der Waals surface area contributed by atoms with Gasteiger partial charge in [0.25, 0.3) is 0 Å². The summed E-state index contributed by atoms with van der Waals surface area (Å²) in [7, 11) is 0. The van der Waals surface area contributed by atoms with E-state index < -0.39 is 0 Å². The van der Waals surface area contributed by atoms with Crippen LogP contribution in [0.2, 0.25) is 0 Å². The molecule has 4 heteroatoms. The van der Waals surface area contributed by atoms with Crippen molar-refractivity contribution in [1.82, 2.24) is 20.4 Å². The lowest BCUT2D eigenvalue weighted by atomic mass is 10.3. The van der Waals surface area contributed by atoms with E-state index in [1.165, 1.54) is 5.56 Å². The van der Waals surface area contributed by atoms with Crippen molar-refractivity contribution in [2.45, 2.75) is 20.4 Å². The third-order valence-corrected chi connectivity index (χ3v) is 2.47. The second kappa shape index (κ2) is 7.31. The molecule has 1 aromatic rings. The zero-order chi connectivity index (χ0) is 10.9. The number of aromatic nitrogens is 2. The highest BCUT2D eigenvalue weighted by atomic mass is 15.1. The lowest BCUT2D eigenvalue weighted by molar-refractivity contribution is 0.302. The van der Waals surface area contributed by atoms with Gasteiger partial charge in [-0.3, -0.25) is 0 Å². The summed E-state index contributed by atoms with van der Waals surface area (Å²) in [5, 5.41) is 11.0. The quantitative estimate of drug-likeness (QED) is 0.676. The third kappa shape index (κ3) is 4.85. The predicted octanol–water partition coefficient (Wildman–Crippen LogP) is 0.908. The average molecular weight is 208 g/mol. The molecule has 0 aliphatic rings. The molecule has 4 nitrogen and oxygen atoms in total. The van der Waals surface area contributed by atoms with Gasteiger partial charge in [0.2, 0.25) is 0 Å². The Labute approximate surface area is 91.7 Å². The van der Waals surface area contributed by atoms with Crippen molar-refractivity contribution in [2.75, 3.05) is 26.2 Å². The zero-order valence-electron chi connectivity index (χ0n) is 9.61. The second-order valence-electron chi connectivity index (χ2n) is 3.45. The van der Waals surface area contributed by atoms with Gasteiger partial charge < -0.3 is 10.2 Å². The summed E-state index contributed by atoms with van der Waals surface area (Å²) in [6.07, 6.45) is 3.52. The summed E-state index contributed by atoms with van der Waals surface area (Å²) < 4.78 is 0. The van der Waals surface area contributed by atoms with E-state index in [0.29, 0.717) is 0 Å². The van der Waals surface area contributed by atoms with E-state index in [0.717, 1.165) is 32.7 Å². The topological polar surface area (TPSA) is 41.0 Å². The molecule has 84 valence electrons. The number of hydrogen-bond donors (Lipinski definition) is 1. The summed E-state index contributed by atoms with van der Waals surface area (Å²) >= 11 is 0. The van der Waals surface area contributed by atoms with E-state index in [2.05, 4.69) is 34.3 Å². The first-order valence-electron chi connectivity index (χ1n) is 5.55. The Morgan fingerprint density at radius 3 is 2.67 bits per heavy atom. The van der Waals surface area contributed by atoms with Gasteiger partial charge in [0.1, 0.15) is 0 Å². The van der Waals surface area contributed by atoms with Crippen LogP contribution in [0.15, 0.2) is 18.5 Å². The molecule has 0 spiro atoms. The van der Waals surface area contributed by atoms with Crippen LogP contribution in [0.5, 0.6) is 0 Å². The molecule has 1 heterocycles. The van der Waals surface area contributed by atoms with Gasteiger partial charge in [0.05, 0.1) is 6.20 Å². The highest BCUT2D eigenvalue weighted by Crippen LogP contribution is 1.92. The fourth-order valence-electron chi connectivity index (χ4n) is 1.43. The van der Waals surface area contributed by atoms with Crippen LogP contribution in [0, 0.1) is 0 Å². The molecule has 0 radical (unpaired) electrons. The minimum absolute atomic E-state index is 0.872. The first-order chi connectivity index (χ1) is 7.36. The molecule has 0 aliphatic carbocycles. The number of rotatable bonds is 7. The summed E-state index contributed by atoms with van der Waals surface area (Å²) in [6, 6.07) is 1.98. The standard InChI is InChI=1S/C11H20N4/c1-3-15(4-2)8-7-12-9-11-5-6-13-14-10-11/h5-6,10,12H,3-4,7-9H2,1-2H3. The summed E-state index contributed by atoms with van der Waals surface area (Å²) in [5.41, 5.74) is 1.18. The molecule has 1 rings (SSSR count). The van der Waals surface area contributed by atoms with Crippen molar-refractivity contribution in [3.63, 3.8) is 0 Å². The monoisotopic (exact) mass is 208 g/mol. The maximum Gasteiger partial charge on any atom is 0.0541 e. The molecule has 0 saturated heterocycles. The third-order valence-electron chi connectivity index (χ3n) is 2.47. The Bertz CT molecular complexity index is 246. The molecule has 1 aromatic heterocycles. The Morgan fingerprint density at radius 2 is 2.07 bits per heavy atom. The minimum atomic E-state index is 0.872. The highest BCUT2D eigenvalue weighted by Gasteiger charge is 1.97. The molecule has 0 bridgehead atoms. The molecule has 0 aliphatic heterocycles. The van der Waals surface area contributed by atoms with E-state index >= 15 is 0 Å². The Hall–Kier alpha value is -1.00. The van der Waals surface area contributed by atoms with Crippen molar-refractivity contribution < 1.29 is 0 Å². The first-order valence-corrected chi connectivity index (χ1v) is 5.55. The fraction of sp³-hybridized carbons (Fsp3) is 0.636. The lowest BCUT2D eigenvalue weighted by Gasteiger charge is -2.17. The van der Waals surface area contributed by atoms with E-state index in [1.807, 2.05) is 6.07 Å². The van der Waals surface area contributed by atoms with Gasteiger partial charge in [-0.2, -0.15) is 10.2 Å². The van der Waals surface area contributed by atoms with Gasteiger partial charge in [0, 0.05) is 25.8 Å². The van der Waals surface area contributed by atoms with E-state index in [9.17, 15) is 0 Å². The highest BCUT2D eigenvalue weighted by molar-refractivity contribution is 5.04. The van der Waals surface area contributed by atoms with Crippen molar-refractivity contribution in [1.29, 1.82) is 0 Å². The zero-order valence-corrected chi connectivity index (χ0v) is 9.61. The molecule has 0 amide bonds. The summed E-state index contributed by atoms with van der Waals surface area (Å²) in [5.74, 6) is 0. The molecular weight excluding hydrogens is 188 g/mol. The van der Waals surface area contributed by atoms with Gasteiger partial charge in [-0.1, -0.05) is 13.8 Å². The van der Waals surface area contributed by atoms with E-state index in [1.54, 1.807) is 12.4 Å². The molecule has 0 unspecified atom stereocenters. The first kappa shape index (κ1) is 12.1. The second-order valence-corrected chi connectivity index (χ2v) is 3.45. The largest absolute Gasteiger partial charge is 0.311 e. The molecule has 0 fully saturated rings. The van der Waals surface area contributed by atoms with Gasteiger partial charge in [-0.15, -0.1) is 0 Å². The maximum atomic E-state index is 3.83. The number of hydrogen-bond acceptors (Lipinski definition) is 4. The molecule has 1 N–H and O–H groups in total. The summed E-state index contributed by atoms with van der Waals surface area (Å²) in [6.45, 7) is 9.61. The maximum absolute atomic E-state index is 3.83. The van der Waals surface area contributed by atoms with Crippen LogP contribution >= 0.6 is 0 Å². The minimum Gasteiger partial charge on any atom is -0.311 e. The number of nitrogens with one attached hydrogen (secondary N) is 1.